The first kappa shape index (κ1) is 35.5. The lowest BCUT2D eigenvalue weighted by Crippen LogP contribution is -2.38. The molecule has 4 N–H and O–H groups in total. The molecule has 0 saturated carbocycles. The smallest absolute Gasteiger partial charge is 0.271 e. The number of aryl methyl sites for hydroxylation is 1. The molecule has 1 aliphatic rings. The monoisotopic (exact) mass is 704 g/mol. The molecule has 1 aliphatic heterocycles. The molecule has 4 aromatic rings. The van der Waals surface area contributed by atoms with Crippen LogP contribution in [0, 0.1) is 12.8 Å². The van der Waals surface area contributed by atoms with E-state index in [1.807, 2.05) is 44.2 Å². The highest BCUT2D eigenvalue weighted by molar-refractivity contribution is 7.10. The fourth-order valence-corrected chi connectivity index (χ4v) is 7.17. The fourth-order valence-electron chi connectivity index (χ4n) is 5.46. The van der Waals surface area contributed by atoms with Crippen LogP contribution in [0.25, 0.3) is 0 Å². The van der Waals surface area contributed by atoms with Crippen molar-refractivity contribution in [2.75, 3.05) is 19.6 Å². The van der Waals surface area contributed by atoms with E-state index in [0.717, 1.165) is 5.56 Å². The molecule has 3 aromatic heterocycles. The van der Waals surface area contributed by atoms with Gasteiger partial charge in [-0.1, -0.05) is 44.2 Å². The lowest BCUT2D eigenvalue weighted by molar-refractivity contribution is -0.122. The van der Waals surface area contributed by atoms with Gasteiger partial charge in [0, 0.05) is 43.0 Å². The Labute approximate surface area is 292 Å². The van der Waals surface area contributed by atoms with E-state index < -0.39 is 23.6 Å². The molecule has 0 fully saturated rings. The number of fused-ring (bicyclic) bond motifs is 4. The van der Waals surface area contributed by atoms with E-state index >= 15 is 0 Å². The Morgan fingerprint density at radius 3 is 2.29 bits per heavy atom. The van der Waals surface area contributed by atoms with Crippen molar-refractivity contribution in [2.24, 2.45) is 5.92 Å². The van der Waals surface area contributed by atoms with Crippen LogP contribution in [0.4, 0.5) is 0 Å². The average molecular weight is 705 g/mol. The number of amides is 4. The van der Waals surface area contributed by atoms with Crippen LogP contribution in [0.1, 0.15) is 104 Å². The van der Waals surface area contributed by atoms with Gasteiger partial charge in [-0.3, -0.25) is 24.0 Å². The maximum absolute atomic E-state index is 13.5. The number of nitrogens with one attached hydrogen (secondary N) is 4. The molecule has 1 aromatic carbocycles. The maximum Gasteiger partial charge on any atom is 0.271 e. The molecule has 13 nitrogen and oxygen atoms in total. The summed E-state index contributed by atoms with van der Waals surface area (Å²) in [5.41, 5.74) is 0.810. The third-order valence-corrected chi connectivity index (χ3v) is 9.82. The van der Waals surface area contributed by atoms with Gasteiger partial charge in [0.15, 0.2) is 0 Å². The summed E-state index contributed by atoms with van der Waals surface area (Å²) >= 11 is 2.59. The molecule has 4 bridgehead atoms. The first-order valence-electron chi connectivity index (χ1n) is 16.3. The summed E-state index contributed by atoms with van der Waals surface area (Å²) in [4.78, 5) is 83.2. The summed E-state index contributed by atoms with van der Waals surface area (Å²) < 4.78 is 0. The molecule has 0 radical (unpaired) electrons. The predicted molar refractivity (Wildman–Crippen MR) is 187 cm³/mol. The Hall–Kier alpha value is -4.76. The number of benzene rings is 1. The van der Waals surface area contributed by atoms with Gasteiger partial charge in [-0.15, -0.1) is 22.7 Å². The molecule has 5 rings (SSSR count). The van der Waals surface area contributed by atoms with Crippen LogP contribution in [0.15, 0.2) is 52.1 Å². The minimum absolute atomic E-state index is 0.0932. The Kier molecular flexibility index (Phi) is 12.0. The van der Waals surface area contributed by atoms with Crippen molar-refractivity contribution in [3.05, 3.63) is 96.0 Å². The zero-order valence-electron chi connectivity index (χ0n) is 27.7. The quantitative estimate of drug-likeness (QED) is 0.241. The second kappa shape index (κ2) is 16.6. The van der Waals surface area contributed by atoms with Crippen LogP contribution in [0.2, 0.25) is 0 Å². The summed E-state index contributed by atoms with van der Waals surface area (Å²) in [5, 5.41) is 13.5. The normalized spacial score (nSPS) is 18.3. The first-order valence-corrected chi connectivity index (χ1v) is 18.0. The van der Waals surface area contributed by atoms with Gasteiger partial charge < -0.3 is 25.8 Å². The predicted octanol–water partition coefficient (Wildman–Crippen LogP) is 3.96. The Bertz CT molecular complexity index is 1840. The Balaban J connectivity index is 1.42. The molecule has 4 heterocycles. The number of carbonyl (C=O) groups excluding carboxylic acids is 4. The molecule has 2 atom stereocenters. The SMILES string of the molecule is Cc1ncc(C(=O)N2CCCNC(=O)c3csc(n3)[C@H](Cc3ccccc3)NC(=O)c3csc(n3)[C@H](CC(C)C)NC(=O)CCC2)c(=O)[nH]1. The van der Waals surface area contributed by atoms with Crippen LogP contribution in [-0.4, -0.2) is 68.1 Å². The van der Waals surface area contributed by atoms with Crippen molar-refractivity contribution >= 4 is 46.3 Å². The number of hydrogen-bond donors (Lipinski definition) is 4. The van der Waals surface area contributed by atoms with Gasteiger partial charge in [0.1, 0.15) is 32.8 Å². The van der Waals surface area contributed by atoms with Crippen molar-refractivity contribution in [1.29, 1.82) is 0 Å². The first-order chi connectivity index (χ1) is 23.6. The van der Waals surface area contributed by atoms with Crippen LogP contribution < -0.4 is 21.5 Å². The van der Waals surface area contributed by atoms with Crippen LogP contribution >= 0.6 is 22.7 Å². The standard InChI is InChI=1S/C34H40N8O5S2/c1-20(2)15-24-32-41-27(19-49-32)31(46)39-25(16-22-9-5-4-6-10-22)33-40-26(18-48-33)30(45)35-12-8-14-42(13-7-11-28(43)38-24)34(47)23-17-36-21(3)37-29(23)44/h4-6,9-10,17-20,24-25H,7-8,11-16H2,1-3H3,(H,35,45)(H,38,43)(H,39,46)(H,36,37,44)/t24-,25-/m0/s1. The summed E-state index contributed by atoms with van der Waals surface area (Å²) in [6.45, 7) is 6.41. The third-order valence-electron chi connectivity index (χ3n) is 7.90. The van der Waals surface area contributed by atoms with Gasteiger partial charge in [-0.25, -0.2) is 15.0 Å². The number of carbonyl (C=O) groups is 4. The van der Waals surface area contributed by atoms with E-state index in [4.69, 9.17) is 0 Å². The highest BCUT2D eigenvalue weighted by Gasteiger charge is 2.26. The minimum atomic E-state index is -0.539. The van der Waals surface area contributed by atoms with E-state index in [2.05, 4.69) is 35.9 Å². The van der Waals surface area contributed by atoms with Crippen LogP contribution in [0.3, 0.4) is 0 Å². The van der Waals surface area contributed by atoms with E-state index in [0.29, 0.717) is 41.5 Å². The van der Waals surface area contributed by atoms with Gasteiger partial charge in [0.25, 0.3) is 23.3 Å². The molecule has 0 spiro atoms. The van der Waals surface area contributed by atoms with Gasteiger partial charge >= 0.3 is 0 Å². The topological polar surface area (TPSA) is 179 Å². The lowest BCUT2D eigenvalue weighted by Gasteiger charge is -2.23. The van der Waals surface area contributed by atoms with E-state index in [9.17, 15) is 24.0 Å². The third kappa shape index (κ3) is 9.66. The van der Waals surface area contributed by atoms with Crippen molar-refractivity contribution in [2.45, 2.75) is 65.0 Å². The Morgan fingerprint density at radius 2 is 1.59 bits per heavy atom. The number of hydrogen-bond acceptors (Lipinski definition) is 10. The largest absolute Gasteiger partial charge is 0.351 e. The molecule has 258 valence electrons. The fraction of sp³-hybridized carbons (Fsp3) is 0.412. The summed E-state index contributed by atoms with van der Waals surface area (Å²) in [5.74, 6) is -0.847. The van der Waals surface area contributed by atoms with Crippen molar-refractivity contribution in [3.8, 4) is 0 Å². The van der Waals surface area contributed by atoms with E-state index in [1.54, 1.807) is 17.7 Å². The molecule has 4 amide bonds. The van der Waals surface area contributed by atoms with E-state index in [1.165, 1.54) is 33.8 Å². The van der Waals surface area contributed by atoms with Gasteiger partial charge in [-0.05, 0) is 44.1 Å². The highest BCUT2D eigenvalue weighted by atomic mass is 32.1. The van der Waals surface area contributed by atoms with Gasteiger partial charge in [0.2, 0.25) is 5.91 Å². The number of nitrogens with zero attached hydrogens (tertiary/aromatic N) is 4. The maximum atomic E-state index is 13.5. The summed E-state index contributed by atoms with van der Waals surface area (Å²) in [6.07, 6.45) is 3.19. The number of H-pyrrole nitrogens is 1. The summed E-state index contributed by atoms with van der Waals surface area (Å²) in [7, 11) is 0. The van der Waals surface area contributed by atoms with E-state index in [-0.39, 0.29) is 66.6 Å². The molecule has 15 heteroatoms. The molecule has 0 aliphatic carbocycles. The molecular formula is C34H40N8O5S2. The van der Waals surface area contributed by atoms with Crippen molar-refractivity contribution < 1.29 is 19.2 Å². The zero-order valence-corrected chi connectivity index (χ0v) is 29.3. The second-order valence-electron chi connectivity index (χ2n) is 12.3. The van der Waals surface area contributed by atoms with Crippen molar-refractivity contribution in [1.82, 2.24) is 40.8 Å². The number of aromatic nitrogens is 4. The zero-order chi connectivity index (χ0) is 34.9. The molecule has 0 unspecified atom stereocenters. The molecular weight excluding hydrogens is 665 g/mol. The lowest BCUT2D eigenvalue weighted by atomic mass is 10.0. The van der Waals surface area contributed by atoms with Crippen LogP contribution in [-0.2, 0) is 11.2 Å². The van der Waals surface area contributed by atoms with Crippen LogP contribution in [0.5, 0.6) is 0 Å². The average Bonchev–Trinajstić information content (AvgIpc) is 3.76. The van der Waals surface area contributed by atoms with Gasteiger partial charge in [-0.2, -0.15) is 0 Å². The Morgan fingerprint density at radius 1 is 0.918 bits per heavy atom. The summed E-state index contributed by atoms with van der Waals surface area (Å²) in [6, 6.07) is 8.77. The highest BCUT2D eigenvalue weighted by Crippen LogP contribution is 2.27. The van der Waals surface area contributed by atoms with Crippen molar-refractivity contribution in [3.63, 3.8) is 0 Å². The second-order valence-corrected chi connectivity index (χ2v) is 14.1. The number of aromatic amines is 1. The molecule has 0 saturated heterocycles. The number of thiazole rings is 2. The van der Waals surface area contributed by atoms with Gasteiger partial charge in [0.05, 0.1) is 12.1 Å². The number of rotatable bonds is 5. The molecule has 49 heavy (non-hydrogen) atoms. The minimum Gasteiger partial charge on any atom is -0.351 e.